The van der Waals surface area contributed by atoms with E-state index >= 15 is 0 Å². The van der Waals surface area contributed by atoms with Gasteiger partial charge < -0.3 is 15.1 Å². The van der Waals surface area contributed by atoms with Crippen molar-refractivity contribution in [1.82, 2.24) is 15.1 Å². The summed E-state index contributed by atoms with van der Waals surface area (Å²) in [7, 11) is 6.05. The van der Waals surface area contributed by atoms with Crippen molar-refractivity contribution in [3.8, 4) is 0 Å². The minimum Gasteiger partial charge on any atom is -0.355 e. The molecule has 1 aromatic carbocycles. The SMILES string of the molecule is CN=C(NCC1CCCN1C)N(C)Cc1ccccc1Cl.I. The number of benzene rings is 1. The van der Waals surface area contributed by atoms with E-state index in [9.17, 15) is 0 Å². The summed E-state index contributed by atoms with van der Waals surface area (Å²) in [6.45, 7) is 2.89. The number of likely N-dealkylation sites (N-methyl/N-ethyl adjacent to an activating group) is 1. The molecule has 1 aliphatic heterocycles. The lowest BCUT2D eigenvalue weighted by atomic mass is 10.2. The molecule has 1 aromatic rings. The first kappa shape index (κ1) is 19.5. The molecule has 1 N–H and O–H groups in total. The van der Waals surface area contributed by atoms with Crippen LogP contribution >= 0.6 is 35.6 Å². The fourth-order valence-corrected chi connectivity index (χ4v) is 2.98. The van der Waals surface area contributed by atoms with Crippen LogP contribution in [0.1, 0.15) is 18.4 Å². The Hall–Kier alpha value is -0.530. The average molecular weight is 437 g/mol. The summed E-state index contributed by atoms with van der Waals surface area (Å²) < 4.78 is 0. The third kappa shape index (κ3) is 5.28. The minimum absolute atomic E-state index is 0. The number of rotatable bonds is 4. The van der Waals surface area contributed by atoms with E-state index in [4.69, 9.17) is 11.6 Å². The standard InChI is InChI=1S/C16H25ClN4.HI/c1-18-16(19-11-14-8-6-10-20(14)2)21(3)12-13-7-4-5-9-15(13)17;/h4-5,7,9,14H,6,8,10-12H2,1-3H3,(H,18,19);1H. The number of halogens is 2. The van der Waals surface area contributed by atoms with Crippen LogP contribution in [0.4, 0.5) is 0 Å². The lowest BCUT2D eigenvalue weighted by molar-refractivity contribution is 0.306. The molecule has 22 heavy (non-hydrogen) atoms. The zero-order chi connectivity index (χ0) is 15.2. The molecule has 1 saturated heterocycles. The molecule has 6 heteroatoms. The highest BCUT2D eigenvalue weighted by molar-refractivity contribution is 14.0. The Labute approximate surface area is 155 Å². The third-order valence-electron chi connectivity index (χ3n) is 4.11. The zero-order valence-corrected chi connectivity index (χ0v) is 16.6. The van der Waals surface area contributed by atoms with Gasteiger partial charge in [0.15, 0.2) is 5.96 Å². The Morgan fingerprint density at radius 3 is 2.77 bits per heavy atom. The number of aliphatic imine (C=N–C) groups is 1. The molecule has 0 saturated carbocycles. The van der Waals surface area contributed by atoms with Crippen molar-refractivity contribution in [2.24, 2.45) is 4.99 Å². The Bertz CT molecular complexity index is 495. The highest BCUT2D eigenvalue weighted by atomic mass is 127. The second-order valence-corrected chi connectivity index (χ2v) is 6.06. The van der Waals surface area contributed by atoms with Gasteiger partial charge in [0.05, 0.1) is 0 Å². The van der Waals surface area contributed by atoms with Crippen LogP contribution < -0.4 is 5.32 Å². The second kappa shape index (κ2) is 9.57. The number of likely N-dealkylation sites (tertiary alicyclic amines) is 1. The van der Waals surface area contributed by atoms with Gasteiger partial charge in [-0.05, 0) is 38.1 Å². The Morgan fingerprint density at radius 2 is 2.18 bits per heavy atom. The van der Waals surface area contributed by atoms with Crippen LogP contribution in [0.5, 0.6) is 0 Å². The Morgan fingerprint density at radius 1 is 1.45 bits per heavy atom. The first-order valence-corrected chi connectivity index (χ1v) is 7.85. The van der Waals surface area contributed by atoms with Crippen LogP contribution in [0.25, 0.3) is 0 Å². The van der Waals surface area contributed by atoms with Gasteiger partial charge in [0.25, 0.3) is 0 Å². The molecule has 0 aromatic heterocycles. The van der Waals surface area contributed by atoms with Gasteiger partial charge in [0, 0.05) is 38.2 Å². The van der Waals surface area contributed by atoms with Gasteiger partial charge in [-0.3, -0.25) is 4.99 Å². The molecule has 1 aliphatic rings. The van der Waals surface area contributed by atoms with Crippen LogP contribution in [0.15, 0.2) is 29.3 Å². The predicted octanol–water partition coefficient (Wildman–Crippen LogP) is 3.06. The maximum Gasteiger partial charge on any atom is 0.193 e. The van der Waals surface area contributed by atoms with Gasteiger partial charge in [0.1, 0.15) is 0 Å². The molecule has 0 radical (unpaired) electrons. The summed E-state index contributed by atoms with van der Waals surface area (Å²) in [5.74, 6) is 0.912. The minimum atomic E-state index is 0. The molecule has 0 bridgehead atoms. The molecule has 1 fully saturated rings. The van der Waals surface area contributed by atoms with E-state index in [1.807, 2.05) is 32.3 Å². The summed E-state index contributed by atoms with van der Waals surface area (Å²) in [5.41, 5.74) is 1.11. The van der Waals surface area contributed by atoms with Gasteiger partial charge in [0.2, 0.25) is 0 Å². The number of nitrogens with one attached hydrogen (secondary N) is 1. The summed E-state index contributed by atoms with van der Waals surface area (Å²) in [5, 5.41) is 4.27. The van der Waals surface area contributed by atoms with Crippen LogP contribution in [-0.4, -0.2) is 56.0 Å². The molecule has 1 atom stereocenters. The molecule has 124 valence electrons. The lowest BCUT2D eigenvalue weighted by Gasteiger charge is -2.26. The van der Waals surface area contributed by atoms with E-state index in [2.05, 4.69) is 33.2 Å². The van der Waals surface area contributed by atoms with Crippen LogP contribution in [-0.2, 0) is 6.54 Å². The Balaban J connectivity index is 0.00000242. The predicted molar refractivity (Wildman–Crippen MR) is 105 cm³/mol. The highest BCUT2D eigenvalue weighted by Crippen LogP contribution is 2.17. The summed E-state index contributed by atoms with van der Waals surface area (Å²) in [4.78, 5) is 8.89. The van der Waals surface area contributed by atoms with Crippen molar-refractivity contribution in [2.75, 3.05) is 34.2 Å². The van der Waals surface area contributed by atoms with E-state index in [1.54, 1.807) is 0 Å². The molecule has 1 unspecified atom stereocenters. The first-order chi connectivity index (χ1) is 10.1. The van der Waals surface area contributed by atoms with E-state index in [0.29, 0.717) is 6.04 Å². The van der Waals surface area contributed by atoms with E-state index in [0.717, 1.165) is 29.6 Å². The number of guanidine groups is 1. The maximum atomic E-state index is 6.22. The van der Waals surface area contributed by atoms with Crippen molar-refractivity contribution in [3.63, 3.8) is 0 Å². The summed E-state index contributed by atoms with van der Waals surface area (Å²) >= 11 is 6.22. The molecule has 0 aliphatic carbocycles. The molecule has 4 nitrogen and oxygen atoms in total. The molecular formula is C16H26ClIN4. The highest BCUT2D eigenvalue weighted by Gasteiger charge is 2.21. The average Bonchev–Trinajstić information content (AvgIpc) is 2.88. The third-order valence-corrected chi connectivity index (χ3v) is 4.47. The summed E-state index contributed by atoms with van der Waals surface area (Å²) in [6, 6.07) is 8.55. The molecule has 2 rings (SSSR count). The molecule has 0 spiro atoms. The smallest absolute Gasteiger partial charge is 0.193 e. The van der Waals surface area contributed by atoms with Gasteiger partial charge >= 0.3 is 0 Å². The van der Waals surface area contributed by atoms with Crippen molar-refractivity contribution < 1.29 is 0 Å². The number of nitrogens with zero attached hydrogens (tertiary/aromatic N) is 3. The zero-order valence-electron chi connectivity index (χ0n) is 13.6. The van der Waals surface area contributed by atoms with E-state index < -0.39 is 0 Å². The molecule has 0 amide bonds. The van der Waals surface area contributed by atoms with Crippen molar-refractivity contribution in [2.45, 2.75) is 25.4 Å². The van der Waals surface area contributed by atoms with E-state index in [-0.39, 0.29) is 24.0 Å². The number of hydrogen-bond donors (Lipinski definition) is 1. The molecule has 1 heterocycles. The van der Waals surface area contributed by atoms with Crippen LogP contribution in [0.3, 0.4) is 0 Å². The van der Waals surface area contributed by atoms with E-state index in [1.165, 1.54) is 19.4 Å². The first-order valence-electron chi connectivity index (χ1n) is 7.47. The Kier molecular flexibility index (Phi) is 8.49. The lowest BCUT2D eigenvalue weighted by Crippen LogP contribution is -2.44. The monoisotopic (exact) mass is 436 g/mol. The fourth-order valence-electron chi connectivity index (χ4n) is 2.79. The van der Waals surface area contributed by atoms with Gasteiger partial charge in [-0.1, -0.05) is 29.8 Å². The number of hydrogen-bond acceptors (Lipinski definition) is 2. The van der Waals surface area contributed by atoms with Crippen molar-refractivity contribution >= 4 is 41.5 Å². The molecular weight excluding hydrogens is 411 g/mol. The van der Waals surface area contributed by atoms with Crippen LogP contribution in [0.2, 0.25) is 5.02 Å². The normalized spacial score (nSPS) is 18.9. The second-order valence-electron chi connectivity index (χ2n) is 5.65. The van der Waals surface area contributed by atoms with Crippen LogP contribution in [0, 0.1) is 0 Å². The van der Waals surface area contributed by atoms with Gasteiger partial charge in [-0.2, -0.15) is 0 Å². The maximum absolute atomic E-state index is 6.22. The summed E-state index contributed by atoms with van der Waals surface area (Å²) in [6.07, 6.45) is 2.55. The largest absolute Gasteiger partial charge is 0.355 e. The van der Waals surface area contributed by atoms with Gasteiger partial charge in [-0.15, -0.1) is 24.0 Å². The topological polar surface area (TPSA) is 30.9 Å². The van der Waals surface area contributed by atoms with Crippen molar-refractivity contribution in [3.05, 3.63) is 34.9 Å². The van der Waals surface area contributed by atoms with Gasteiger partial charge in [-0.25, -0.2) is 0 Å². The fraction of sp³-hybridized carbons (Fsp3) is 0.562. The quantitative estimate of drug-likeness (QED) is 0.447. The van der Waals surface area contributed by atoms with Crippen molar-refractivity contribution in [1.29, 1.82) is 0 Å².